The number of benzene rings is 1. The Labute approximate surface area is 139 Å². The van der Waals surface area contributed by atoms with Crippen molar-refractivity contribution < 1.29 is 18.0 Å². The second-order valence-corrected chi connectivity index (χ2v) is 5.39. The van der Waals surface area contributed by atoms with Gasteiger partial charge in [-0.15, -0.1) is 10.2 Å². The van der Waals surface area contributed by atoms with Crippen LogP contribution in [0.5, 0.6) is 0 Å². The summed E-state index contributed by atoms with van der Waals surface area (Å²) >= 11 is 5.75. The van der Waals surface area contributed by atoms with Crippen LogP contribution in [-0.2, 0) is 6.18 Å². The molecule has 1 aromatic carbocycles. The third kappa shape index (κ3) is 2.92. The fraction of sp³-hybridized carbons (Fsp3) is 0.133. The standard InChI is InChI=1S/C15H10ClF3N4O/c1-8-21-22-12-6-5-9(7-23(8)12)20-14(24)10-3-2-4-11(13(10)16)15(17,18)19/h2-7H,1H3,(H,20,24). The van der Waals surface area contributed by atoms with Gasteiger partial charge in [0, 0.05) is 6.20 Å². The molecule has 124 valence electrons. The number of alkyl halides is 3. The van der Waals surface area contributed by atoms with Crippen molar-refractivity contribution in [2.24, 2.45) is 0 Å². The molecule has 24 heavy (non-hydrogen) atoms. The van der Waals surface area contributed by atoms with E-state index >= 15 is 0 Å². The summed E-state index contributed by atoms with van der Waals surface area (Å²) in [6.07, 6.45) is -3.06. The van der Waals surface area contributed by atoms with Gasteiger partial charge in [-0.05, 0) is 31.2 Å². The van der Waals surface area contributed by atoms with E-state index in [9.17, 15) is 18.0 Å². The molecule has 0 bridgehead atoms. The third-order valence-electron chi connectivity index (χ3n) is 3.38. The summed E-state index contributed by atoms with van der Waals surface area (Å²) in [6.45, 7) is 1.73. The molecule has 0 aliphatic carbocycles. The van der Waals surface area contributed by atoms with Crippen molar-refractivity contribution in [3.63, 3.8) is 0 Å². The highest BCUT2D eigenvalue weighted by Gasteiger charge is 2.34. The molecule has 3 aromatic rings. The fourth-order valence-electron chi connectivity index (χ4n) is 2.20. The number of amides is 1. The second kappa shape index (κ2) is 5.79. The van der Waals surface area contributed by atoms with Crippen LogP contribution in [0.4, 0.5) is 18.9 Å². The first kappa shape index (κ1) is 16.3. The largest absolute Gasteiger partial charge is 0.417 e. The number of nitrogens with zero attached hydrogens (tertiary/aromatic N) is 3. The van der Waals surface area contributed by atoms with Gasteiger partial charge < -0.3 is 5.32 Å². The monoisotopic (exact) mass is 354 g/mol. The molecular weight excluding hydrogens is 345 g/mol. The highest BCUT2D eigenvalue weighted by atomic mass is 35.5. The minimum Gasteiger partial charge on any atom is -0.321 e. The molecule has 5 nitrogen and oxygen atoms in total. The van der Waals surface area contributed by atoms with Crippen molar-refractivity contribution in [1.82, 2.24) is 14.6 Å². The van der Waals surface area contributed by atoms with Crippen molar-refractivity contribution in [2.45, 2.75) is 13.1 Å². The Balaban J connectivity index is 1.93. The van der Waals surface area contributed by atoms with Crippen LogP contribution < -0.4 is 5.32 Å². The Morgan fingerprint density at radius 3 is 2.67 bits per heavy atom. The maximum atomic E-state index is 12.9. The van der Waals surface area contributed by atoms with Gasteiger partial charge in [0.25, 0.3) is 5.91 Å². The predicted octanol–water partition coefficient (Wildman–Crippen LogP) is 3.96. The first-order valence-corrected chi connectivity index (χ1v) is 7.13. The van der Waals surface area contributed by atoms with Gasteiger partial charge in [0.05, 0.1) is 21.8 Å². The highest BCUT2D eigenvalue weighted by Crippen LogP contribution is 2.36. The third-order valence-corrected chi connectivity index (χ3v) is 3.79. The Hall–Kier alpha value is -2.61. The number of anilines is 1. The van der Waals surface area contributed by atoms with Gasteiger partial charge in [0.1, 0.15) is 5.82 Å². The van der Waals surface area contributed by atoms with Crippen LogP contribution >= 0.6 is 11.6 Å². The van der Waals surface area contributed by atoms with Crippen LogP contribution in [0.1, 0.15) is 21.7 Å². The van der Waals surface area contributed by atoms with Crippen LogP contribution in [-0.4, -0.2) is 20.5 Å². The summed E-state index contributed by atoms with van der Waals surface area (Å²) in [5.74, 6) is -0.130. The Kier molecular flexibility index (Phi) is 3.92. The van der Waals surface area contributed by atoms with Gasteiger partial charge in [-0.25, -0.2) is 0 Å². The average Bonchev–Trinajstić information content (AvgIpc) is 2.87. The van der Waals surface area contributed by atoms with Crippen molar-refractivity contribution >= 4 is 28.8 Å². The lowest BCUT2D eigenvalue weighted by Gasteiger charge is -2.12. The molecular formula is C15H10ClF3N4O. The van der Waals surface area contributed by atoms with E-state index in [4.69, 9.17) is 11.6 Å². The van der Waals surface area contributed by atoms with Crippen LogP contribution in [0.3, 0.4) is 0 Å². The number of carbonyl (C=O) groups is 1. The molecule has 2 heterocycles. The summed E-state index contributed by atoms with van der Waals surface area (Å²) in [6, 6.07) is 6.39. The first-order valence-electron chi connectivity index (χ1n) is 6.76. The van der Waals surface area contributed by atoms with Crippen LogP contribution in [0.2, 0.25) is 5.02 Å². The lowest BCUT2D eigenvalue weighted by molar-refractivity contribution is -0.137. The molecule has 0 aliphatic rings. The lowest BCUT2D eigenvalue weighted by atomic mass is 10.1. The number of hydrogen-bond acceptors (Lipinski definition) is 3. The van der Waals surface area contributed by atoms with Gasteiger partial charge >= 0.3 is 6.18 Å². The zero-order valence-electron chi connectivity index (χ0n) is 12.2. The summed E-state index contributed by atoms with van der Waals surface area (Å²) in [5, 5.41) is 9.67. The van der Waals surface area contributed by atoms with E-state index in [2.05, 4.69) is 15.5 Å². The quantitative estimate of drug-likeness (QED) is 0.757. The maximum absolute atomic E-state index is 12.9. The Morgan fingerprint density at radius 1 is 1.21 bits per heavy atom. The maximum Gasteiger partial charge on any atom is 0.417 e. The molecule has 1 N–H and O–H groups in total. The molecule has 0 saturated carbocycles. The number of fused-ring (bicyclic) bond motifs is 1. The number of pyridine rings is 1. The topological polar surface area (TPSA) is 59.3 Å². The lowest BCUT2D eigenvalue weighted by Crippen LogP contribution is -2.15. The van der Waals surface area contributed by atoms with E-state index in [0.717, 1.165) is 12.1 Å². The van der Waals surface area contributed by atoms with Crippen LogP contribution in [0.25, 0.3) is 5.65 Å². The molecule has 0 spiro atoms. The molecule has 0 aliphatic heterocycles. The van der Waals surface area contributed by atoms with Gasteiger partial charge in [0.15, 0.2) is 5.65 Å². The van der Waals surface area contributed by atoms with Gasteiger partial charge in [-0.3, -0.25) is 9.20 Å². The van der Waals surface area contributed by atoms with Crippen molar-refractivity contribution in [3.8, 4) is 0 Å². The summed E-state index contributed by atoms with van der Waals surface area (Å²) in [4.78, 5) is 12.3. The number of rotatable bonds is 2. The van der Waals surface area contributed by atoms with Crippen LogP contribution in [0, 0.1) is 6.92 Å². The minimum absolute atomic E-state index is 0.257. The Bertz CT molecular complexity index is 936. The molecule has 2 aromatic heterocycles. The SMILES string of the molecule is Cc1nnc2ccc(NC(=O)c3cccc(C(F)(F)F)c3Cl)cn12. The van der Waals surface area contributed by atoms with Gasteiger partial charge in [-0.1, -0.05) is 17.7 Å². The molecule has 9 heteroatoms. The number of aryl methyl sites for hydroxylation is 1. The summed E-state index contributed by atoms with van der Waals surface area (Å²) < 4.78 is 40.2. The normalized spacial score (nSPS) is 11.7. The van der Waals surface area contributed by atoms with E-state index in [1.165, 1.54) is 6.07 Å². The average molecular weight is 355 g/mol. The summed E-state index contributed by atoms with van der Waals surface area (Å²) in [7, 11) is 0. The smallest absolute Gasteiger partial charge is 0.321 e. The molecule has 0 atom stereocenters. The van der Waals surface area contributed by atoms with Crippen LogP contribution in [0.15, 0.2) is 36.5 Å². The van der Waals surface area contributed by atoms with Crippen molar-refractivity contribution in [3.05, 3.63) is 58.5 Å². The number of aromatic nitrogens is 3. The van der Waals surface area contributed by atoms with E-state index in [0.29, 0.717) is 17.2 Å². The molecule has 3 rings (SSSR count). The van der Waals surface area contributed by atoms with E-state index in [-0.39, 0.29) is 5.56 Å². The van der Waals surface area contributed by atoms with Crippen molar-refractivity contribution in [2.75, 3.05) is 5.32 Å². The number of hydrogen-bond donors (Lipinski definition) is 1. The van der Waals surface area contributed by atoms with Crippen molar-refractivity contribution in [1.29, 1.82) is 0 Å². The molecule has 0 radical (unpaired) electrons. The van der Waals surface area contributed by atoms with E-state index < -0.39 is 22.7 Å². The van der Waals surface area contributed by atoms with E-state index in [1.54, 1.807) is 29.7 Å². The highest BCUT2D eigenvalue weighted by molar-refractivity contribution is 6.35. The predicted molar refractivity (Wildman–Crippen MR) is 82.1 cm³/mol. The second-order valence-electron chi connectivity index (χ2n) is 5.01. The minimum atomic E-state index is -4.63. The number of nitrogens with one attached hydrogen (secondary N) is 1. The Morgan fingerprint density at radius 2 is 1.96 bits per heavy atom. The van der Waals surface area contributed by atoms with E-state index in [1.807, 2.05) is 0 Å². The zero-order chi connectivity index (χ0) is 17.5. The molecule has 1 amide bonds. The summed E-state index contributed by atoms with van der Waals surface area (Å²) in [5.41, 5.74) is -0.347. The van der Waals surface area contributed by atoms with Gasteiger partial charge in [0.2, 0.25) is 0 Å². The van der Waals surface area contributed by atoms with Gasteiger partial charge in [-0.2, -0.15) is 13.2 Å². The number of halogens is 4. The molecule has 0 fully saturated rings. The zero-order valence-corrected chi connectivity index (χ0v) is 13.0. The molecule has 0 unspecified atom stereocenters. The molecule has 0 saturated heterocycles. The fourth-order valence-corrected chi connectivity index (χ4v) is 2.52. The first-order chi connectivity index (χ1) is 11.3. The number of carbonyl (C=O) groups excluding carboxylic acids is 1.